The van der Waals surface area contributed by atoms with Crippen LogP contribution in [0.5, 0.6) is 0 Å². The molecule has 1 rings (SSSR count). The number of halogens is 1. The van der Waals surface area contributed by atoms with E-state index in [1.807, 2.05) is 6.07 Å². The van der Waals surface area contributed by atoms with E-state index in [1.165, 1.54) is 11.3 Å². The minimum absolute atomic E-state index is 0.0272. The molecular formula is C13H17ClO3S. The molecule has 1 aromatic rings. The normalized spacial score (nSPS) is 11.3. The second-order valence-electron chi connectivity index (χ2n) is 5.01. The third kappa shape index (κ3) is 6.17. The van der Waals surface area contributed by atoms with Crippen molar-refractivity contribution in [1.29, 1.82) is 0 Å². The first-order chi connectivity index (χ1) is 8.26. The van der Waals surface area contributed by atoms with Crippen LogP contribution in [0.3, 0.4) is 0 Å². The zero-order valence-corrected chi connectivity index (χ0v) is 12.4. The number of carbonyl (C=O) groups is 2. The molecule has 0 aliphatic heterocycles. The molecule has 0 aromatic carbocycles. The number of ketones is 1. The molecule has 0 atom stereocenters. The lowest BCUT2D eigenvalue weighted by Crippen LogP contribution is -2.24. The van der Waals surface area contributed by atoms with Crippen LogP contribution in [0.1, 0.15) is 38.5 Å². The Balaban J connectivity index is 2.31. The lowest BCUT2D eigenvalue weighted by Gasteiger charge is -2.19. The van der Waals surface area contributed by atoms with Crippen molar-refractivity contribution in [2.45, 2.75) is 45.6 Å². The Kier molecular flexibility index (Phi) is 5.35. The highest BCUT2D eigenvalue weighted by Crippen LogP contribution is 2.22. The van der Waals surface area contributed by atoms with E-state index in [-0.39, 0.29) is 24.6 Å². The average Bonchev–Trinajstić information content (AvgIpc) is 2.58. The average molecular weight is 289 g/mol. The Bertz CT molecular complexity index is 432. The number of hydrogen-bond acceptors (Lipinski definition) is 4. The predicted molar refractivity (Wildman–Crippen MR) is 73.1 cm³/mol. The minimum Gasteiger partial charge on any atom is -0.460 e. The van der Waals surface area contributed by atoms with Crippen molar-refractivity contribution < 1.29 is 14.3 Å². The number of Topliss-reactive ketones (excluding diaryl/α,β-unsaturated/α-hetero) is 1. The van der Waals surface area contributed by atoms with Gasteiger partial charge in [-0.25, -0.2) is 0 Å². The lowest BCUT2D eigenvalue weighted by molar-refractivity contribution is -0.155. The van der Waals surface area contributed by atoms with Gasteiger partial charge in [0.15, 0.2) is 0 Å². The molecule has 0 unspecified atom stereocenters. The molecule has 0 saturated heterocycles. The fraction of sp³-hybridized carbons (Fsp3) is 0.538. The van der Waals surface area contributed by atoms with E-state index in [4.69, 9.17) is 16.3 Å². The van der Waals surface area contributed by atoms with Gasteiger partial charge >= 0.3 is 5.97 Å². The molecule has 3 nitrogen and oxygen atoms in total. The zero-order chi connectivity index (χ0) is 13.8. The Morgan fingerprint density at radius 2 is 1.94 bits per heavy atom. The van der Waals surface area contributed by atoms with Gasteiger partial charge in [0.2, 0.25) is 0 Å². The van der Waals surface area contributed by atoms with Crippen LogP contribution >= 0.6 is 22.9 Å². The minimum atomic E-state index is -0.499. The lowest BCUT2D eigenvalue weighted by atomic mass is 10.1. The van der Waals surface area contributed by atoms with Gasteiger partial charge in [-0.15, -0.1) is 11.3 Å². The van der Waals surface area contributed by atoms with Crippen molar-refractivity contribution in [3.63, 3.8) is 0 Å². The largest absolute Gasteiger partial charge is 0.460 e. The summed E-state index contributed by atoms with van der Waals surface area (Å²) < 4.78 is 5.80. The van der Waals surface area contributed by atoms with Gasteiger partial charge in [0.25, 0.3) is 0 Å². The van der Waals surface area contributed by atoms with Crippen LogP contribution in [0.2, 0.25) is 4.34 Å². The SMILES string of the molecule is CC(C)(C)OC(=O)CCC(=O)Cc1ccc(Cl)s1. The van der Waals surface area contributed by atoms with Crippen molar-refractivity contribution in [2.24, 2.45) is 0 Å². The van der Waals surface area contributed by atoms with Crippen LogP contribution in [0, 0.1) is 0 Å². The third-order valence-corrected chi connectivity index (χ3v) is 3.26. The summed E-state index contributed by atoms with van der Waals surface area (Å²) in [5.74, 6) is -0.306. The van der Waals surface area contributed by atoms with Crippen LogP contribution in [-0.2, 0) is 20.7 Å². The number of rotatable bonds is 5. The topological polar surface area (TPSA) is 43.4 Å². The van der Waals surface area contributed by atoms with E-state index in [2.05, 4.69) is 0 Å². The van der Waals surface area contributed by atoms with Crippen molar-refractivity contribution in [3.8, 4) is 0 Å². The molecule has 0 bridgehead atoms. The monoisotopic (exact) mass is 288 g/mol. The quantitative estimate of drug-likeness (QED) is 0.777. The highest BCUT2D eigenvalue weighted by molar-refractivity contribution is 7.16. The number of esters is 1. The summed E-state index contributed by atoms with van der Waals surface area (Å²) in [5.41, 5.74) is -0.499. The number of ether oxygens (including phenoxy) is 1. The smallest absolute Gasteiger partial charge is 0.306 e. The molecule has 0 saturated carbocycles. The Morgan fingerprint density at radius 1 is 1.28 bits per heavy atom. The van der Waals surface area contributed by atoms with Crippen LogP contribution < -0.4 is 0 Å². The van der Waals surface area contributed by atoms with Crippen LogP contribution in [0.15, 0.2) is 12.1 Å². The van der Waals surface area contributed by atoms with Gasteiger partial charge < -0.3 is 4.74 Å². The first-order valence-electron chi connectivity index (χ1n) is 5.74. The van der Waals surface area contributed by atoms with Gasteiger partial charge in [0.1, 0.15) is 11.4 Å². The highest BCUT2D eigenvalue weighted by atomic mass is 35.5. The van der Waals surface area contributed by atoms with Gasteiger partial charge in [0, 0.05) is 17.7 Å². The second-order valence-corrected chi connectivity index (χ2v) is 6.81. The molecule has 0 aliphatic rings. The van der Waals surface area contributed by atoms with Gasteiger partial charge in [-0.3, -0.25) is 9.59 Å². The van der Waals surface area contributed by atoms with E-state index in [9.17, 15) is 9.59 Å². The molecule has 0 aliphatic carbocycles. The van der Waals surface area contributed by atoms with Crippen LogP contribution in [0.4, 0.5) is 0 Å². The standard InChI is InChI=1S/C13H17ClO3S/c1-13(2,3)17-12(16)7-4-9(15)8-10-5-6-11(14)18-10/h5-6H,4,7-8H2,1-3H3. The summed E-state index contributed by atoms with van der Waals surface area (Å²) in [7, 11) is 0. The van der Waals surface area contributed by atoms with E-state index in [1.54, 1.807) is 26.8 Å². The van der Waals surface area contributed by atoms with E-state index in [0.717, 1.165) is 4.88 Å². The maximum atomic E-state index is 11.6. The summed E-state index contributed by atoms with van der Waals surface area (Å²) in [4.78, 5) is 24.0. The van der Waals surface area contributed by atoms with E-state index < -0.39 is 5.60 Å². The Morgan fingerprint density at radius 3 is 2.44 bits per heavy atom. The fourth-order valence-corrected chi connectivity index (χ4v) is 2.48. The molecule has 0 spiro atoms. The molecule has 0 amide bonds. The number of carbonyl (C=O) groups excluding carboxylic acids is 2. The Labute approximate surface area is 116 Å². The van der Waals surface area contributed by atoms with Crippen molar-refractivity contribution >= 4 is 34.7 Å². The summed E-state index contributed by atoms with van der Waals surface area (Å²) in [5, 5.41) is 0. The zero-order valence-electron chi connectivity index (χ0n) is 10.8. The summed E-state index contributed by atoms with van der Waals surface area (Å²) in [6.45, 7) is 5.42. The van der Waals surface area contributed by atoms with Gasteiger partial charge in [-0.05, 0) is 32.9 Å². The van der Waals surface area contributed by atoms with Gasteiger partial charge in [0.05, 0.1) is 10.8 Å². The first-order valence-corrected chi connectivity index (χ1v) is 6.93. The van der Waals surface area contributed by atoms with Crippen LogP contribution in [-0.4, -0.2) is 17.4 Å². The number of thiophene rings is 1. The van der Waals surface area contributed by atoms with E-state index in [0.29, 0.717) is 10.8 Å². The molecular weight excluding hydrogens is 272 g/mol. The van der Waals surface area contributed by atoms with Crippen molar-refractivity contribution in [2.75, 3.05) is 0 Å². The third-order valence-electron chi connectivity index (χ3n) is 2.03. The molecule has 1 aromatic heterocycles. The van der Waals surface area contributed by atoms with Gasteiger partial charge in [-0.1, -0.05) is 11.6 Å². The Hall–Kier alpha value is -0.870. The summed E-state index contributed by atoms with van der Waals surface area (Å²) >= 11 is 7.17. The van der Waals surface area contributed by atoms with Crippen LogP contribution in [0.25, 0.3) is 0 Å². The van der Waals surface area contributed by atoms with Crippen molar-refractivity contribution in [3.05, 3.63) is 21.3 Å². The fourth-order valence-electron chi connectivity index (χ4n) is 1.36. The molecule has 0 radical (unpaired) electrons. The maximum absolute atomic E-state index is 11.6. The summed E-state index contributed by atoms with van der Waals surface area (Å²) in [6.07, 6.45) is 0.680. The predicted octanol–water partition coefficient (Wildman–Crippen LogP) is 3.64. The summed E-state index contributed by atoms with van der Waals surface area (Å²) in [6, 6.07) is 3.60. The number of hydrogen-bond donors (Lipinski definition) is 0. The second kappa shape index (κ2) is 6.34. The van der Waals surface area contributed by atoms with E-state index >= 15 is 0 Å². The molecule has 100 valence electrons. The van der Waals surface area contributed by atoms with Gasteiger partial charge in [-0.2, -0.15) is 0 Å². The first kappa shape index (κ1) is 15.2. The molecule has 0 fully saturated rings. The highest BCUT2D eigenvalue weighted by Gasteiger charge is 2.17. The van der Waals surface area contributed by atoms with Crippen molar-refractivity contribution in [1.82, 2.24) is 0 Å². The maximum Gasteiger partial charge on any atom is 0.306 e. The molecule has 1 heterocycles. The molecule has 18 heavy (non-hydrogen) atoms. The molecule has 5 heteroatoms. The molecule has 0 N–H and O–H groups in total.